The molecule has 27 heavy (non-hydrogen) atoms. The molecule has 1 saturated carbocycles. The van der Waals surface area contributed by atoms with E-state index < -0.39 is 0 Å². The predicted molar refractivity (Wildman–Crippen MR) is 101 cm³/mol. The van der Waals surface area contributed by atoms with Gasteiger partial charge in [-0.3, -0.25) is 14.5 Å². The van der Waals surface area contributed by atoms with E-state index in [1.807, 2.05) is 0 Å². The van der Waals surface area contributed by atoms with E-state index >= 15 is 0 Å². The first kappa shape index (κ1) is 20.1. The van der Waals surface area contributed by atoms with Crippen molar-refractivity contribution in [3.05, 3.63) is 11.7 Å². The topological polar surface area (TPSA) is 97.6 Å². The molecule has 3 rings (SSSR count). The van der Waals surface area contributed by atoms with E-state index in [9.17, 15) is 9.59 Å². The van der Waals surface area contributed by atoms with Gasteiger partial charge < -0.3 is 14.6 Å². The summed E-state index contributed by atoms with van der Waals surface area (Å²) in [6.07, 6.45) is 4.96. The van der Waals surface area contributed by atoms with E-state index in [0.29, 0.717) is 42.2 Å². The molecule has 0 unspecified atom stereocenters. The number of hydrogen-bond donors (Lipinski definition) is 1. The van der Waals surface area contributed by atoms with Gasteiger partial charge in [0.2, 0.25) is 11.8 Å². The summed E-state index contributed by atoms with van der Waals surface area (Å²) in [4.78, 5) is 30.4. The van der Waals surface area contributed by atoms with Crippen LogP contribution < -0.4 is 5.32 Å². The number of ether oxygens (including phenoxy) is 1. The number of hydrogen-bond acceptors (Lipinski definition) is 8. The Morgan fingerprint density at radius 1 is 1.30 bits per heavy atom. The zero-order chi connectivity index (χ0) is 19.2. The normalized spacial score (nSPS) is 22.7. The number of likely N-dealkylation sites (tertiary alicyclic amines) is 1. The van der Waals surface area contributed by atoms with Crippen LogP contribution in [0, 0.1) is 12.8 Å². The molecule has 0 aromatic carbocycles. The zero-order valence-corrected chi connectivity index (χ0v) is 16.8. The standard InChI is InChI=1S/C18H28N4O4S/c1-12-20-17(26-21-12)11-27-10-16(23)19-8-15-6-5-14(7-18(24)25-2)22(15)9-13-3-4-13/h13-15H,3-11H2,1-2H3,(H,19,23)/t14-,15+/m1/s1. The van der Waals surface area contributed by atoms with Gasteiger partial charge in [0.15, 0.2) is 5.82 Å². The lowest BCUT2D eigenvalue weighted by atomic mass is 10.1. The van der Waals surface area contributed by atoms with Crippen LogP contribution in [0.4, 0.5) is 0 Å². The van der Waals surface area contributed by atoms with Crippen LogP contribution in [0.3, 0.4) is 0 Å². The van der Waals surface area contributed by atoms with Crippen molar-refractivity contribution >= 4 is 23.6 Å². The number of methoxy groups -OCH3 is 1. The summed E-state index contributed by atoms with van der Waals surface area (Å²) in [5.74, 6) is 2.65. The minimum Gasteiger partial charge on any atom is -0.469 e. The lowest BCUT2D eigenvalue weighted by Crippen LogP contribution is -2.45. The van der Waals surface area contributed by atoms with Crippen LogP contribution in [0.25, 0.3) is 0 Å². The number of aromatic nitrogens is 2. The molecule has 0 bridgehead atoms. The van der Waals surface area contributed by atoms with E-state index in [1.165, 1.54) is 31.7 Å². The highest BCUT2D eigenvalue weighted by molar-refractivity contribution is 7.99. The molecule has 1 aliphatic heterocycles. The smallest absolute Gasteiger partial charge is 0.307 e. The van der Waals surface area contributed by atoms with E-state index in [1.54, 1.807) is 6.92 Å². The van der Waals surface area contributed by atoms with Gasteiger partial charge in [-0.2, -0.15) is 4.98 Å². The molecule has 9 heteroatoms. The number of aryl methyl sites for hydroxylation is 1. The Kier molecular flexibility index (Phi) is 7.12. The summed E-state index contributed by atoms with van der Waals surface area (Å²) in [6.45, 7) is 3.42. The first-order valence-electron chi connectivity index (χ1n) is 9.51. The number of rotatable bonds is 10. The van der Waals surface area contributed by atoms with Crippen LogP contribution >= 0.6 is 11.8 Å². The summed E-state index contributed by atoms with van der Waals surface area (Å²) in [7, 11) is 1.44. The number of nitrogens with one attached hydrogen (secondary N) is 1. The van der Waals surface area contributed by atoms with Crippen molar-refractivity contribution in [3.8, 4) is 0 Å². The van der Waals surface area contributed by atoms with Gasteiger partial charge in [-0.05, 0) is 38.5 Å². The van der Waals surface area contributed by atoms with Crippen molar-refractivity contribution in [2.75, 3.05) is 26.0 Å². The van der Waals surface area contributed by atoms with Crippen molar-refractivity contribution < 1.29 is 18.8 Å². The van der Waals surface area contributed by atoms with Crippen LogP contribution in [-0.4, -0.2) is 65.0 Å². The number of thioether (sulfide) groups is 1. The van der Waals surface area contributed by atoms with Crippen molar-refractivity contribution in [2.24, 2.45) is 5.92 Å². The molecule has 1 aliphatic carbocycles. The Morgan fingerprint density at radius 3 is 2.74 bits per heavy atom. The fraction of sp³-hybridized carbons (Fsp3) is 0.778. The summed E-state index contributed by atoms with van der Waals surface area (Å²) in [6, 6.07) is 0.530. The first-order chi connectivity index (χ1) is 13.0. The highest BCUT2D eigenvalue weighted by atomic mass is 32.2. The lowest BCUT2D eigenvalue weighted by molar-refractivity contribution is -0.142. The Hall–Kier alpha value is -1.61. The quantitative estimate of drug-likeness (QED) is 0.595. The van der Waals surface area contributed by atoms with Crippen molar-refractivity contribution in [1.29, 1.82) is 0 Å². The van der Waals surface area contributed by atoms with Gasteiger partial charge in [0.05, 0.1) is 25.0 Å². The van der Waals surface area contributed by atoms with Crippen molar-refractivity contribution in [2.45, 2.75) is 56.9 Å². The average Bonchev–Trinajstić information content (AvgIpc) is 3.26. The molecule has 2 fully saturated rings. The monoisotopic (exact) mass is 396 g/mol. The molecule has 1 aromatic heterocycles. The van der Waals surface area contributed by atoms with Crippen molar-refractivity contribution in [1.82, 2.24) is 20.4 Å². The zero-order valence-electron chi connectivity index (χ0n) is 16.0. The Balaban J connectivity index is 1.41. The Labute approximate surface area is 163 Å². The van der Waals surface area contributed by atoms with Crippen molar-refractivity contribution in [3.63, 3.8) is 0 Å². The molecule has 150 valence electrons. The molecule has 0 radical (unpaired) electrons. The third-order valence-corrected chi connectivity index (χ3v) is 6.05. The van der Waals surface area contributed by atoms with Gasteiger partial charge in [0, 0.05) is 25.2 Å². The van der Waals surface area contributed by atoms with Crippen LogP contribution in [0.1, 0.15) is 43.8 Å². The van der Waals surface area contributed by atoms with Crippen LogP contribution in [0.5, 0.6) is 0 Å². The van der Waals surface area contributed by atoms with Crippen LogP contribution in [-0.2, 0) is 20.1 Å². The number of nitrogens with zero attached hydrogens (tertiary/aromatic N) is 3. The summed E-state index contributed by atoms with van der Waals surface area (Å²) in [5, 5.41) is 6.78. The minimum atomic E-state index is -0.154. The lowest BCUT2D eigenvalue weighted by Gasteiger charge is -2.30. The molecular formula is C18H28N4O4S. The maximum absolute atomic E-state index is 12.2. The maximum Gasteiger partial charge on any atom is 0.307 e. The highest BCUT2D eigenvalue weighted by Gasteiger charge is 2.38. The second kappa shape index (κ2) is 9.54. The number of carbonyl (C=O) groups is 2. The predicted octanol–water partition coefficient (Wildman–Crippen LogP) is 1.53. The van der Waals surface area contributed by atoms with E-state index in [-0.39, 0.29) is 17.9 Å². The fourth-order valence-corrected chi connectivity index (χ4v) is 4.22. The molecule has 2 atom stereocenters. The molecule has 1 N–H and O–H groups in total. The average molecular weight is 397 g/mol. The van der Waals surface area contributed by atoms with Gasteiger partial charge in [-0.15, -0.1) is 11.8 Å². The summed E-state index contributed by atoms with van der Waals surface area (Å²) in [5.41, 5.74) is 0. The first-order valence-corrected chi connectivity index (χ1v) is 10.7. The molecule has 1 aromatic rings. The van der Waals surface area contributed by atoms with Gasteiger partial charge in [-0.25, -0.2) is 0 Å². The number of esters is 1. The highest BCUT2D eigenvalue weighted by Crippen LogP contribution is 2.35. The second-order valence-electron chi connectivity index (χ2n) is 7.34. The second-order valence-corrected chi connectivity index (χ2v) is 8.32. The van der Waals surface area contributed by atoms with Gasteiger partial charge in [0.25, 0.3) is 0 Å². The fourth-order valence-electron chi connectivity index (χ4n) is 3.54. The summed E-state index contributed by atoms with van der Waals surface area (Å²) >= 11 is 1.46. The van der Waals surface area contributed by atoms with Gasteiger partial charge in [-0.1, -0.05) is 5.16 Å². The van der Waals surface area contributed by atoms with Gasteiger partial charge >= 0.3 is 5.97 Å². The van der Waals surface area contributed by atoms with E-state index in [4.69, 9.17) is 9.26 Å². The SMILES string of the molecule is COC(=O)C[C@H]1CC[C@@H](CNC(=O)CSCc2nc(C)no2)N1CC1CC1. The minimum absolute atomic E-state index is 0.0130. The number of carbonyl (C=O) groups excluding carboxylic acids is 2. The molecule has 8 nitrogen and oxygen atoms in total. The maximum atomic E-state index is 12.2. The Morgan fingerprint density at radius 2 is 2.07 bits per heavy atom. The van der Waals surface area contributed by atoms with Crippen LogP contribution in [0.15, 0.2) is 4.52 Å². The molecule has 1 amide bonds. The van der Waals surface area contributed by atoms with E-state index in [2.05, 4.69) is 20.4 Å². The number of amides is 1. The molecule has 1 saturated heterocycles. The molecule has 2 aliphatic rings. The summed E-state index contributed by atoms with van der Waals surface area (Å²) < 4.78 is 9.88. The molecule has 2 heterocycles. The van der Waals surface area contributed by atoms with E-state index in [0.717, 1.165) is 25.3 Å². The molecular weight excluding hydrogens is 368 g/mol. The third kappa shape index (κ3) is 6.21. The third-order valence-electron chi connectivity index (χ3n) is 5.13. The Bertz CT molecular complexity index is 649. The van der Waals surface area contributed by atoms with Gasteiger partial charge in [0.1, 0.15) is 0 Å². The van der Waals surface area contributed by atoms with Crippen LogP contribution in [0.2, 0.25) is 0 Å². The molecule has 0 spiro atoms. The largest absolute Gasteiger partial charge is 0.469 e.